The molecule has 7 heteroatoms. The number of aromatic amines is 1. The Morgan fingerprint density at radius 1 is 1.53 bits per heavy atom. The summed E-state index contributed by atoms with van der Waals surface area (Å²) < 4.78 is 6.40. The van der Waals surface area contributed by atoms with E-state index in [4.69, 9.17) is 4.42 Å². The van der Waals surface area contributed by atoms with Crippen LogP contribution in [-0.2, 0) is 6.42 Å². The smallest absolute Gasteiger partial charge is 0.331 e. The molecule has 0 radical (unpaired) electrons. The van der Waals surface area contributed by atoms with Crippen LogP contribution in [0.1, 0.15) is 37.1 Å². The molecule has 1 unspecified atom stereocenters. The summed E-state index contributed by atoms with van der Waals surface area (Å²) in [6.07, 6.45) is 1.85. The van der Waals surface area contributed by atoms with Gasteiger partial charge in [0.2, 0.25) is 11.8 Å². The molecule has 0 saturated carbocycles. The van der Waals surface area contributed by atoms with Crippen molar-refractivity contribution in [2.24, 2.45) is 0 Å². The van der Waals surface area contributed by atoms with Gasteiger partial charge in [-0.2, -0.15) is 0 Å². The molecule has 2 aromatic rings. The second kappa shape index (κ2) is 4.75. The summed E-state index contributed by atoms with van der Waals surface area (Å²) in [6, 6.07) is -0.608. The van der Waals surface area contributed by atoms with Crippen LogP contribution in [0.4, 0.5) is 0 Å². The molecule has 7 nitrogen and oxygen atoms in total. The molecule has 19 heavy (non-hydrogen) atoms. The summed E-state index contributed by atoms with van der Waals surface area (Å²) in [6.45, 7) is 5.11. The first kappa shape index (κ1) is 13.1. The molecule has 2 N–H and O–H groups in total. The average Bonchev–Trinajstić information content (AvgIpc) is 2.75. The van der Waals surface area contributed by atoms with Gasteiger partial charge in [-0.25, -0.2) is 9.78 Å². The minimum absolute atomic E-state index is 0.162. The highest BCUT2D eigenvalue weighted by molar-refractivity contribution is 5.24. The van der Waals surface area contributed by atoms with Gasteiger partial charge in [-0.05, 0) is 20.3 Å². The number of aromatic hydroxyl groups is 1. The third-order valence-corrected chi connectivity index (χ3v) is 2.95. The Morgan fingerprint density at radius 3 is 2.74 bits per heavy atom. The van der Waals surface area contributed by atoms with Gasteiger partial charge in [0.1, 0.15) is 11.8 Å². The maximum atomic E-state index is 11.8. The van der Waals surface area contributed by atoms with Crippen molar-refractivity contribution in [1.29, 1.82) is 0 Å². The lowest BCUT2D eigenvalue weighted by atomic mass is 10.2. The summed E-state index contributed by atoms with van der Waals surface area (Å²) in [4.78, 5) is 29.6. The fourth-order valence-corrected chi connectivity index (χ4v) is 1.93. The van der Waals surface area contributed by atoms with Crippen molar-refractivity contribution in [3.63, 3.8) is 0 Å². The van der Waals surface area contributed by atoms with Gasteiger partial charge in [-0.1, -0.05) is 6.92 Å². The Morgan fingerprint density at radius 2 is 2.21 bits per heavy atom. The van der Waals surface area contributed by atoms with Crippen molar-refractivity contribution in [3.8, 4) is 5.88 Å². The number of hydrogen-bond acceptors (Lipinski definition) is 5. The van der Waals surface area contributed by atoms with Crippen LogP contribution in [0, 0.1) is 6.92 Å². The van der Waals surface area contributed by atoms with Crippen molar-refractivity contribution in [2.75, 3.05) is 0 Å². The predicted octanol–water partition coefficient (Wildman–Crippen LogP) is 0.710. The van der Waals surface area contributed by atoms with E-state index in [2.05, 4.69) is 9.97 Å². The monoisotopic (exact) mass is 265 g/mol. The van der Waals surface area contributed by atoms with Crippen molar-refractivity contribution >= 4 is 0 Å². The van der Waals surface area contributed by atoms with Crippen LogP contribution >= 0.6 is 0 Å². The van der Waals surface area contributed by atoms with Crippen LogP contribution in [-0.4, -0.2) is 19.6 Å². The van der Waals surface area contributed by atoms with Crippen molar-refractivity contribution < 1.29 is 9.52 Å². The van der Waals surface area contributed by atoms with Crippen molar-refractivity contribution in [3.05, 3.63) is 44.2 Å². The van der Waals surface area contributed by atoms with E-state index in [1.807, 2.05) is 0 Å². The number of H-pyrrole nitrogens is 1. The van der Waals surface area contributed by atoms with E-state index in [0.717, 1.165) is 4.57 Å². The first-order chi connectivity index (χ1) is 8.95. The second-order valence-electron chi connectivity index (χ2n) is 4.27. The van der Waals surface area contributed by atoms with E-state index >= 15 is 0 Å². The molecular formula is C12H15N3O4. The summed E-state index contributed by atoms with van der Waals surface area (Å²) in [5.41, 5.74) is -1.10. The molecule has 0 aliphatic carbocycles. The SMILES string of the molecule is CCc1c(O)n(C(C)c2ncc(C)o2)c(=O)[nH]c1=O. The fraction of sp³-hybridized carbons (Fsp3) is 0.417. The first-order valence-corrected chi connectivity index (χ1v) is 5.94. The Hall–Kier alpha value is -2.31. The van der Waals surface area contributed by atoms with Gasteiger partial charge < -0.3 is 9.52 Å². The number of nitrogens with one attached hydrogen (secondary N) is 1. The molecule has 0 bridgehead atoms. The van der Waals surface area contributed by atoms with Crippen molar-refractivity contribution in [2.45, 2.75) is 33.2 Å². The first-order valence-electron chi connectivity index (χ1n) is 5.94. The molecular weight excluding hydrogens is 250 g/mol. The second-order valence-corrected chi connectivity index (χ2v) is 4.27. The third kappa shape index (κ3) is 2.18. The molecule has 0 fully saturated rings. The largest absolute Gasteiger partial charge is 0.494 e. The molecule has 2 heterocycles. The minimum atomic E-state index is -0.692. The van der Waals surface area contributed by atoms with Gasteiger partial charge in [0.05, 0.1) is 11.8 Å². The normalized spacial score (nSPS) is 12.6. The van der Waals surface area contributed by atoms with Crippen LogP contribution in [0.15, 0.2) is 20.2 Å². The number of aromatic nitrogens is 3. The lowest BCUT2D eigenvalue weighted by Gasteiger charge is -2.14. The molecule has 0 saturated heterocycles. The molecule has 0 aliphatic rings. The summed E-state index contributed by atoms with van der Waals surface area (Å²) in [5.74, 6) is 0.554. The number of hydrogen-bond donors (Lipinski definition) is 2. The van der Waals surface area contributed by atoms with E-state index in [-0.39, 0.29) is 11.4 Å². The topological polar surface area (TPSA) is 101 Å². The molecule has 0 spiro atoms. The molecule has 102 valence electrons. The Bertz CT molecular complexity index is 710. The molecule has 2 aromatic heterocycles. The Kier molecular flexibility index (Phi) is 3.28. The highest BCUT2D eigenvalue weighted by Crippen LogP contribution is 2.21. The number of oxazole rings is 1. The van der Waals surface area contributed by atoms with Gasteiger partial charge in [0.25, 0.3) is 5.56 Å². The quantitative estimate of drug-likeness (QED) is 0.851. The van der Waals surface area contributed by atoms with Crippen LogP contribution < -0.4 is 11.2 Å². The lowest BCUT2D eigenvalue weighted by Crippen LogP contribution is -2.34. The van der Waals surface area contributed by atoms with Gasteiger partial charge in [-0.3, -0.25) is 14.3 Å². The molecule has 0 amide bonds. The minimum Gasteiger partial charge on any atom is -0.494 e. The summed E-state index contributed by atoms with van der Waals surface area (Å²) in [7, 11) is 0. The van der Waals surface area contributed by atoms with Crippen LogP contribution in [0.25, 0.3) is 0 Å². The lowest BCUT2D eigenvalue weighted by molar-refractivity contribution is 0.347. The Balaban J connectivity index is 2.63. The van der Waals surface area contributed by atoms with Crippen LogP contribution in [0.3, 0.4) is 0 Å². The third-order valence-electron chi connectivity index (χ3n) is 2.95. The maximum absolute atomic E-state index is 11.8. The molecule has 0 aromatic carbocycles. The zero-order chi connectivity index (χ0) is 14.2. The summed E-state index contributed by atoms with van der Waals surface area (Å²) >= 11 is 0. The predicted molar refractivity (Wildman–Crippen MR) is 67.4 cm³/mol. The van der Waals surface area contributed by atoms with E-state index in [1.165, 1.54) is 6.20 Å². The van der Waals surface area contributed by atoms with Crippen molar-refractivity contribution in [1.82, 2.24) is 14.5 Å². The number of aryl methyl sites for hydroxylation is 1. The number of nitrogens with zero attached hydrogens (tertiary/aromatic N) is 2. The Labute approximate surface area is 108 Å². The zero-order valence-electron chi connectivity index (χ0n) is 10.9. The van der Waals surface area contributed by atoms with Gasteiger partial charge in [0.15, 0.2) is 0 Å². The van der Waals surface area contributed by atoms with E-state index < -0.39 is 17.3 Å². The van der Waals surface area contributed by atoms with Crippen LogP contribution in [0.2, 0.25) is 0 Å². The van der Waals surface area contributed by atoms with E-state index in [0.29, 0.717) is 18.1 Å². The van der Waals surface area contributed by atoms with Crippen LogP contribution in [0.5, 0.6) is 5.88 Å². The zero-order valence-corrected chi connectivity index (χ0v) is 10.9. The number of rotatable bonds is 3. The standard InChI is InChI=1S/C12H15N3O4/c1-4-8-9(16)14-12(18)15(11(8)17)7(3)10-13-5-6(2)19-10/h5,7,17H,4H2,1-3H3,(H,14,16,18). The maximum Gasteiger partial charge on any atom is 0.331 e. The summed E-state index contributed by atoms with van der Waals surface area (Å²) in [5, 5.41) is 10.1. The van der Waals surface area contributed by atoms with Gasteiger partial charge in [0, 0.05) is 0 Å². The fourth-order valence-electron chi connectivity index (χ4n) is 1.93. The molecule has 2 rings (SSSR count). The highest BCUT2D eigenvalue weighted by Gasteiger charge is 2.21. The van der Waals surface area contributed by atoms with E-state index in [1.54, 1.807) is 20.8 Å². The van der Waals surface area contributed by atoms with Gasteiger partial charge in [-0.15, -0.1) is 0 Å². The molecule has 1 atom stereocenters. The molecule has 0 aliphatic heterocycles. The van der Waals surface area contributed by atoms with Gasteiger partial charge >= 0.3 is 5.69 Å². The van der Waals surface area contributed by atoms with E-state index in [9.17, 15) is 14.7 Å². The highest BCUT2D eigenvalue weighted by atomic mass is 16.4. The average molecular weight is 265 g/mol.